The molecular formula is C22H19N5O5S2. The smallest absolute Gasteiger partial charge is 0.269 e. The summed E-state index contributed by atoms with van der Waals surface area (Å²) in [6, 6.07) is 13.0. The topological polar surface area (TPSA) is 140 Å². The average molecular weight is 498 g/mol. The van der Waals surface area contributed by atoms with Gasteiger partial charge in [-0.25, -0.2) is 0 Å². The minimum Gasteiger partial charge on any atom is -0.490 e. The molecule has 0 saturated heterocycles. The van der Waals surface area contributed by atoms with Crippen LogP contribution in [-0.2, 0) is 11.4 Å². The van der Waals surface area contributed by atoms with Gasteiger partial charge in [0.05, 0.1) is 11.5 Å². The first-order chi connectivity index (χ1) is 16.4. The van der Waals surface area contributed by atoms with Crippen molar-refractivity contribution in [2.24, 2.45) is 0 Å². The van der Waals surface area contributed by atoms with Gasteiger partial charge in [-0.05, 0) is 54.6 Å². The predicted octanol–water partition coefficient (Wildman–Crippen LogP) is 4.69. The van der Waals surface area contributed by atoms with E-state index in [0.717, 1.165) is 17.1 Å². The lowest BCUT2D eigenvalue weighted by Gasteiger charge is -2.13. The lowest BCUT2D eigenvalue weighted by Crippen LogP contribution is -2.13. The summed E-state index contributed by atoms with van der Waals surface area (Å²) in [6.45, 7) is 2.38. The Morgan fingerprint density at radius 1 is 1.26 bits per heavy atom. The Morgan fingerprint density at radius 2 is 2.03 bits per heavy atom. The highest BCUT2D eigenvalue weighted by Crippen LogP contribution is 2.30. The van der Waals surface area contributed by atoms with E-state index >= 15 is 0 Å². The van der Waals surface area contributed by atoms with Crippen LogP contribution in [0.2, 0.25) is 0 Å². The standard InChI is InChI=1S/C22H19N5O5S2/c1-3-31-19-11-15(10-16(12-23)20(28)24-21-25-22(33-2)26-34-21)6-9-18(19)32-13-14-4-7-17(8-5-14)27(29)30/h4-11H,3,13H2,1-2H3,(H,24,25,26,28). The second kappa shape index (κ2) is 11.8. The Balaban J connectivity index is 1.74. The second-order valence-corrected chi connectivity index (χ2v) is 8.09. The Hall–Kier alpha value is -3.95. The summed E-state index contributed by atoms with van der Waals surface area (Å²) in [5, 5.41) is 23.7. The highest BCUT2D eigenvalue weighted by atomic mass is 32.2. The van der Waals surface area contributed by atoms with Crippen molar-refractivity contribution in [2.45, 2.75) is 18.7 Å². The zero-order valence-corrected chi connectivity index (χ0v) is 19.8. The molecule has 0 fully saturated rings. The number of thioether (sulfide) groups is 1. The van der Waals surface area contributed by atoms with Gasteiger partial charge in [0.15, 0.2) is 11.5 Å². The van der Waals surface area contributed by atoms with Gasteiger partial charge in [0.2, 0.25) is 10.3 Å². The average Bonchev–Trinajstić information content (AvgIpc) is 3.29. The lowest BCUT2D eigenvalue weighted by atomic mass is 10.1. The fourth-order valence-electron chi connectivity index (χ4n) is 2.70. The molecule has 0 aliphatic rings. The number of aromatic nitrogens is 2. The molecule has 174 valence electrons. The number of benzene rings is 2. The van der Waals surface area contributed by atoms with Crippen LogP contribution < -0.4 is 14.8 Å². The van der Waals surface area contributed by atoms with Gasteiger partial charge in [-0.3, -0.25) is 20.2 Å². The molecule has 3 rings (SSSR count). The number of nitro benzene ring substituents is 1. The van der Waals surface area contributed by atoms with Gasteiger partial charge in [-0.2, -0.15) is 14.6 Å². The number of anilines is 1. The number of non-ortho nitro benzene ring substituents is 1. The van der Waals surface area contributed by atoms with E-state index in [0.29, 0.717) is 34.0 Å². The zero-order chi connectivity index (χ0) is 24.5. The normalized spacial score (nSPS) is 10.9. The molecule has 0 aliphatic carbocycles. The molecule has 12 heteroatoms. The van der Waals surface area contributed by atoms with Gasteiger partial charge in [-0.1, -0.05) is 17.8 Å². The first kappa shape index (κ1) is 24.7. The molecule has 0 spiro atoms. The molecule has 0 bridgehead atoms. The molecule has 1 N–H and O–H groups in total. The summed E-state index contributed by atoms with van der Waals surface area (Å²) >= 11 is 2.38. The summed E-state index contributed by atoms with van der Waals surface area (Å²) in [6.07, 6.45) is 3.26. The highest BCUT2D eigenvalue weighted by molar-refractivity contribution is 7.98. The maximum atomic E-state index is 12.5. The first-order valence-corrected chi connectivity index (χ1v) is 11.9. The summed E-state index contributed by atoms with van der Waals surface area (Å²) in [4.78, 5) is 26.9. The Kier molecular flexibility index (Phi) is 8.55. The molecular weight excluding hydrogens is 478 g/mol. The number of hydrogen-bond donors (Lipinski definition) is 1. The number of nitro groups is 1. The number of carbonyl (C=O) groups excluding carboxylic acids is 1. The zero-order valence-electron chi connectivity index (χ0n) is 18.2. The summed E-state index contributed by atoms with van der Waals surface area (Å²) in [5.41, 5.74) is 1.22. The number of amides is 1. The van der Waals surface area contributed by atoms with Crippen molar-refractivity contribution in [1.29, 1.82) is 5.26 Å². The maximum Gasteiger partial charge on any atom is 0.269 e. The summed E-state index contributed by atoms with van der Waals surface area (Å²) in [5.74, 6) is 0.297. The highest BCUT2D eigenvalue weighted by Gasteiger charge is 2.14. The third-order valence-electron chi connectivity index (χ3n) is 4.30. The van der Waals surface area contributed by atoms with Crippen LogP contribution in [0.4, 0.5) is 10.8 Å². The lowest BCUT2D eigenvalue weighted by molar-refractivity contribution is -0.384. The number of hydrogen-bond acceptors (Lipinski definition) is 10. The van der Waals surface area contributed by atoms with E-state index in [9.17, 15) is 20.2 Å². The van der Waals surface area contributed by atoms with Crippen molar-refractivity contribution in [3.8, 4) is 17.6 Å². The monoisotopic (exact) mass is 497 g/mol. The minimum absolute atomic E-state index is 0.00282. The number of ether oxygens (including phenoxy) is 2. The van der Waals surface area contributed by atoms with Crippen LogP contribution in [0, 0.1) is 21.4 Å². The van der Waals surface area contributed by atoms with E-state index in [-0.39, 0.29) is 17.9 Å². The van der Waals surface area contributed by atoms with Gasteiger partial charge in [-0.15, -0.1) is 0 Å². The largest absolute Gasteiger partial charge is 0.490 e. The SMILES string of the molecule is CCOc1cc(C=C(C#N)C(=O)Nc2nc(SC)ns2)ccc1OCc1ccc([N+](=O)[O-])cc1. The molecule has 0 atom stereocenters. The van der Waals surface area contributed by atoms with Crippen LogP contribution in [0.15, 0.2) is 53.2 Å². The molecule has 1 amide bonds. The molecule has 34 heavy (non-hydrogen) atoms. The van der Waals surface area contributed by atoms with Crippen LogP contribution in [0.5, 0.6) is 11.5 Å². The number of nitrogens with one attached hydrogen (secondary N) is 1. The quantitative estimate of drug-likeness (QED) is 0.139. The van der Waals surface area contributed by atoms with Gasteiger partial charge in [0.1, 0.15) is 18.2 Å². The molecule has 0 aliphatic heterocycles. The maximum absolute atomic E-state index is 12.5. The fourth-order valence-corrected chi connectivity index (χ4v) is 3.82. The van der Waals surface area contributed by atoms with E-state index in [1.807, 2.05) is 19.2 Å². The van der Waals surface area contributed by atoms with E-state index in [4.69, 9.17) is 9.47 Å². The van der Waals surface area contributed by atoms with Gasteiger partial charge in [0.25, 0.3) is 11.6 Å². The van der Waals surface area contributed by atoms with Crippen molar-refractivity contribution >= 4 is 46.1 Å². The summed E-state index contributed by atoms with van der Waals surface area (Å²) < 4.78 is 15.5. The van der Waals surface area contributed by atoms with Crippen molar-refractivity contribution < 1.29 is 19.2 Å². The molecule has 1 aromatic heterocycles. The molecule has 1 heterocycles. The number of nitrogens with zero attached hydrogens (tertiary/aromatic N) is 4. The number of carbonyl (C=O) groups is 1. The van der Waals surface area contributed by atoms with Crippen molar-refractivity contribution in [3.63, 3.8) is 0 Å². The van der Waals surface area contributed by atoms with Crippen molar-refractivity contribution in [3.05, 3.63) is 69.3 Å². The van der Waals surface area contributed by atoms with Crippen molar-refractivity contribution in [2.75, 3.05) is 18.2 Å². The molecule has 0 radical (unpaired) electrons. The van der Waals surface area contributed by atoms with E-state index in [1.165, 1.54) is 30.0 Å². The van der Waals surface area contributed by atoms with Crippen LogP contribution >= 0.6 is 23.3 Å². The number of rotatable bonds is 10. The third-order valence-corrected chi connectivity index (χ3v) is 5.59. The van der Waals surface area contributed by atoms with Crippen molar-refractivity contribution in [1.82, 2.24) is 9.36 Å². The van der Waals surface area contributed by atoms with Gasteiger partial charge in [0, 0.05) is 23.7 Å². The second-order valence-electron chi connectivity index (χ2n) is 6.56. The fraction of sp³-hybridized carbons (Fsp3) is 0.182. The Bertz CT molecular complexity index is 1250. The van der Waals surface area contributed by atoms with Gasteiger partial charge < -0.3 is 9.47 Å². The van der Waals surface area contributed by atoms with Crippen LogP contribution in [0.3, 0.4) is 0 Å². The van der Waals surface area contributed by atoms with E-state index < -0.39 is 10.8 Å². The Morgan fingerprint density at radius 3 is 2.65 bits per heavy atom. The van der Waals surface area contributed by atoms with Crippen LogP contribution in [0.1, 0.15) is 18.1 Å². The summed E-state index contributed by atoms with van der Waals surface area (Å²) in [7, 11) is 0. The van der Waals surface area contributed by atoms with E-state index in [2.05, 4.69) is 14.7 Å². The minimum atomic E-state index is -0.595. The van der Waals surface area contributed by atoms with Gasteiger partial charge >= 0.3 is 0 Å². The molecule has 0 saturated carbocycles. The molecule has 10 nitrogen and oxygen atoms in total. The van der Waals surface area contributed by atoms with Crippen LogP contribution in [0.25, 0.3) is 6.08 Å². The predicted molar refractivity (Wildman–Crippen MR) is 129 cm³/mol. The molecule has 2 aromatic carbocycles. The number of nitriles is 1. The van der Waals surface area contributed by atoms with Crippen LogP contribution in [-0.4, -0.2) is 33.1 Å². The third kappa shape index (κ3) is 6.53. The molecule has 3 aromatic rings. The molecule has 0 unspecified atom stereocenters. The van der Waals surface area contributed by atoms with E-state index in [1.54, 1.807) is 30.3 Å². The Labute approximate surface area is 203 Å². The first-order valence-electron chi connectivity index (χ1n) is 9.87.